The predicted octanol–water partition coefficient (Wildman–Crippen LogP) is 3.17. The maximum Gasteiger partial charge on any atom is 0.246 e. The zero-order valence-corrected chi connectivity index (χ0v) is 8.66. The summed E-state index contributed by atoms with van der Waals surface area (Å²) in [4.78, 5) is 11.1. The number of carbonyl (C=O) groups excluding carboxylic acids is 1. The number of carbonyl (C=O) groups is 1. The second kappa shape index (κ2) is 3.46. The van der Waals surface area contributed by atoms with E-state index in [1.54, 1.807) is 11.8 Å². The van der Waals surface area contributed by atoms with Crippen LogP contribution >= 0.6 is 23.5 Å². The van der Waals surface area contributed by atoms with Crippen LogP contribution in [0.3, 0.4) is 0 Å². The highest BCUT2D eigenvalue weighted by molar-refractivity contribution is 8.38. The molecule has 0 heterocycles. The van der Waals surface area contributed by atoms with Crippen molar-refractivity contribution in [1.82, 2.24) is 0 Å². The molecule has 2 bridgehead atoms. The molecule has 3 atom stereocenters. The van der Waals surface area contributed by atoms with E-state index in [1.165, 1.54) is 24.6 Å². The van der Waals surface area contributed by atoms with E-state index in [1.807, 2.05) is 6.26 Å². The Kier molecular flexibility index (Phi) is 2.51. The summed E-state index contributed by atoms with van der Waals surface area (Å²) in [7, 11) is 0. The third-order valence-electron chi connectivity index (χ3n) is 2.63. The van der Waals surface area contributed by atoms with Crippen molar-refractivity contribution in [3.63, 3.8) is 0 Å². The van der Waals surface area contributed by atoms with Crippen molar-refractivity contribution < 1.29 is 4.79 Å². The van der Waals surface area contributed by atoms with Gasteiger partial charge in [-0.25, -0.2) is 0 Å². The van der Waals surface area contributed by atoms with Gasteiger partial charge in [0.2, 0.25) is 4.45 Å². The standard InChI is InChI=1S/C9H12OS2/c1-11-9(10)12-8-5-6-2-3-7(8)4-6/h2-3,6-8H,4-5H2,1H3/t6-,7+,8+/m0/s1. The van der Waals surface area contributed by atoms with Crippen LogP contribution in [0.15, 0.2) is 12.2 Å². The van der Waals surface area contributed by atoms with E-state index in [2.05, 4.69) is 12.2 Å². The maximum atomic E-state index is 11.1. The van der Waals surface area contributed by atoms with Crippen LogP contribution in [-0.2, 0) is 0 Å². The second-order valence-corrected chi connectivity index (χ2v) is 5.64. The first kappa shape index (κ1) is 8.70. The van der Waals surface area contributed by atoms with Crippen LogP contribution in [0.1, 0.15) is 12.8 Å². The van der Waals surface area contributed by atoms with Crippen LogP contribution in [0.2, 0.25) is 0 Å². The van der Waals surface area contributed by atoms with Crippen molar-refractivity contribution in [3.05, 3.63) is 12.2 Å². The highest BCUT2D eigenvalue weighted by Gasteiger charge is 2.36. The molecule has 1 fully saturated rings. The minimum atomic E-state index is 0.279. The smallest absolute Gasteiger partial charge is 0.246 e. The molecule has 0 radical (unpaired) electrons. The minimum Gasteiger partial charge on any atom is -0.274 e. The first-order valence-corrected chi connectivity index (χ1v) is 6.33. The van der Waals surface area contributed by atoms with Gasteiger partial charge in [0.05, 0.1) is 0 Å². The first-order chi connectivity index (χ1) is 5.79. The number of hydrogen-bond donors (Lipinski definition) is 0. The second-order valence-electron chi connectivity index (χ2n) is 3.39. The maximum absolute atomic E-state index is 11.1. The Morgan fingerprint density at radius 2 is 2.25 bits per heavy atom. The summed E-state index contributed by atoms with van der Waals surface area (Å²) in [5.41, 5.74) is 0. The van der Waals surface area contributed by atoms with Crippen molar-refractivity contribution in [3.8, 4) is 0 Å². The molecule has 0 spiro atoms. The molecule has 2 aliphatic rings. The molecule has 1 saturated carbocycles. The number of hydrogen-bond acceptors (Lipinski definition) is 3. The Balaban J connectivity index is 1.91. The fourth-order valence-corrected chi connectivity index (χ4v) is 3.76. The molecule has 1 nitrogen and oxygen atoms in total. The molecule has 0 aromatic carbocycles. The van der Waals surface area contributed by atoms with Crippen molar-refractivity contribution in [2.24, 2.45) is 11.8 Å². The molecule has 0 aromatic rings. The lowest BCUT2D eigenvalue weighted by atomic mass is 10.1. The molecule has 0 unspecified atom stereocenters. The summed E-state index contributed by atoms with van der Waals surface area (Å²) >= 11 is 2.88. The normalized spacial score (nSPS) is 37.6. The molecule has 66 valence electrons. The van der Waals surface area contributed by atoms with Gasteiger partial charge in [-0.2, -0.15) is 0 Å². The molecule has 2 aliphatic carbocycles. The molecule has 0 amide bonds. The first-order valence-electron chi connectivity index (χ1n) is 4.22. The van der Waals surface area contributed by atoms with E-state index in [0.717, 1.165) is 5.92 Å². The molecule has 3 heteroatoms. The van der Waals surface area contributed by atoms with E-state index in [-0.39, 0.29) is 4.45 Å². The van der Waals surface area contributed by atoms with Gasteiger partial charge >= 0.3 is 0 Å². The lowest BCUT2D eigenvalue weighted by Crippen LogP contribution is -2.10. The van der Waals surface area contributed by atoms with Crippen LogP contribution < -0.4 is 0 Å². The third-order valence-corrected chi connectivity index (χ3v) is 4.79. The van der Waals surface area contributed by atoms with E-state index in [4.69, 9.17) is 0 Å². The van der Waals surface area contributed by atoms with Crippen LogP contribution in [0.4, 0.5) is 4.79 Å². The van der Waals surface area contributed by atoms with Gasteiger partial charge in [0.25, 0.3) is 0 Å². The summed E-state index contributed by atoms with van der Waals surface area (Å²) in [5, 5.41) is 0.583. The molecule has 0 aliphatic heterocycles. The lowest BCUT2D eigenvalue weighted by molar-refractivity contribution is 0.276. The molecule has 2 rings (SSSR count). The molecule has 12 heavy (non-hydrogen) atoms. The summed E-state index contributed by atoms with van der Waals surface area (Å²) < 4.78 is 0.279. The summed E-state index contributed by atoms with van der Waals surface area (Å²) in [6, 6.07) is 0. The number of allylic oxidation sites excluding steroid dienone is 2. The van der Waals surface area contributed by atoms with Crippen LogP contribution in [0.25, 0.3) is 0 Å². The van der Waals surface area contributed by atoms with Gasteiger partial charge in [0, 0.05) is 5.25 Å². The predicted molar refractivity (Wildman–Crippen MR) is 55.6 cm³/mol. The Morgan fingerprint density at radius 3 is 2.75 bits per heavy atom. The highest BCUT2D eigenvalue weighted by Crippen LogP contribution is 2.45. The van der Waals surface area contributed by atoms with Crippen LogP contribution in [-0.4, -0.2) is 16.0 Å². The van der Waals surface area contributed by atoms with Gasteiger partial charge in [-0.05, 0) is 30.9 Å². The van der Waals surface area contributed by atoms with Gasteiger partial charge in [-0.1, -0.05) is 35.7 Å². The van der Waals surface area contributed by atoms with Gasteiger partial charge in [0.15, 0.2) is 0 Å². The van der Waals surface area contributed by atoms with E-state index in [9.17, 15) is 4.79 Å². The molecular formula is C9H12OS2. The quantitative estimate of drug-likeness (QED) is 0.605. The van der Waals surface area contributed by atoms with E-state index in [0.29, 0.717) is 11.2 Å². The summed E-state index contributed by atoms with van der Waals surface area (Å²) in [6.07, 6.45) is 8.97. The van der Waals surface area contributed by atoms with Crippen LogP contribution in [0.5, 0.6) is 0 Å². The number of rotatable bonds is 1. The SMILES string of the molecule is CSC(=O)S[C@@H]1C[C@H]2C=C[C@@H]1C2. The monoisotopic (exact) mass is 200 g/mol. The van der Waals surface area contributed by atoms with Gasteiger partial charge in [-0.15, -0.1) is 0 Å². The Hall–Kier alpha value is 0.110. The zero-order valence-electron chi connectivity index (χ0n) is 7.03. The Morgan fingerprint density at radius 1 is 1.42 bits per heavy atom. The van der Waals surface area contributed by atoms with Crippen molar-refractivity contribution in [1.29, 1.82) is 0 Å². The van der Waals surface area contributed by atoms with Crippen molar-refractivity contribution in [2.45, 2.75) is 18.1 Å². The zero-order chi connectivity index (χ0) is 8.55. The minimum absolute atomic E-state index is 0.279. The summed E-state index contributed by atoms with van der Waals surface area (Å²) in [5.74, 6) is 1.47. The molecule has 0 aromatic heterocycles. The topological polar surface area (TPSA) is 17.1 Å². The van der Waals surface area contributed by atoms with Gasteiger partial charge in [0.1, 0.15) is 0 Å². The lowest BCUT2D eigenvalue weighted by Gasteiger charge is -2.15. The number of thioether (sulfide) groups is 2. The number of fused-ring (bicyclic) bond motifs is 2. The fraction of sp³-hybridized carbons (Fsp3) is 0.667. The van der Waals surface area contributed by atoms with Crippen LogP contribution in [0, 0.1) is 11.8 Å². The Bertz CT molecular complexity index is 225. The van der Waals surface area contributed by atoms with Crippen molar-refractivity contribution >= 4 is 28.0 Å². The van der Waals surface area contributed by atoms with E-state index < -0.39 is 0 Å². The average molecular weight is 200 g/mol. The third kappa shape index (κ3) is 1.57. The van der Waals surface area contributed by atoms with Crippen molar-refractivity contribution in [2.75, 3.05) is 6.26 Å². The molecule has 0 saturated heterocycles. The van der Waals surface area contributed by atoms with Gasteiger partial charge < -0.3 is 0 Å². The Labute approximate surface area is 81.4 Å². The molecular weight excluding hydrogens is 188 g/mol. The fourth-order valence-electron chi connectivity index (χ4n) is 2.04. The largest absolute Gasteiger partial charge is 0.274 e. The van der Waals surface area contributed by atoms with Gasteiger partial charge in [-0.3, -0.25) is 4.79 Å². The summed E-state index contributed by atoms with van der Waals surface area (Å²) in [6.45, 7) is 0. The average Bonchev–Trinajstić information content (AvgIpc) is 2.64. The highest BCUT2D eigenvalue weighted by atomic mass is 32.2. The van der Waals surface area contributed by atoms with E-state index >= 15 is 0 Å². The molecule has 0 N–H and O–H groups in total.